The van der Waals surface area contributed by atoms with Crippen molar-refractivity contribution in [1.82, 2.24) is 4.98 Å². The van der Waals surface area contributed by atoms with Crippen LogP contribution in [0.5, 0.6) is 0 Å². The zero-order valence-electron chi connectivity index (χ0n) is 19.5. The summed E-state index contributed by atoms with van der Waals surface area (Å²) < 4.78 is 147. The molecule has 16 heteroatoms. The van der Waals surface area contributed by atoms with Crippen LogP contribution in [0.4, 0.5) is 48.3 Å². The number of hydrogen-bond donors (Lipinski definition) is 0. The number of nitrogens with zero attached hydrogens (tertiary/aromatic N) is 1. The van der Waals surface area contributed by atoms with E-state index >= 15 is 0 Å². The van der Waals surface area contributed by atoms with Gasteiger partial charge in [-0.3, -0.25) is 9.59 Å². The molecular weight excluding hydrogens is 655 g/mol. The van der Waals surface area contributed by atoms with Gasteiger partial charge >= 0.3 is 24.2 Å². The van der Waals surface area contributed by atoms with Gasteiger partial charge in [-0.1, -0.05) is 28.1 Å². The normalized spacial score (nSPS) is 13.8. The van der Waals surface area contributed by atoms with Gasteiger partial charge in [0, 0.05) is 21.8 Å². The molecule has 0 radical (unpaired) electrons. The molecular formula is C24H13BrF11NO2S. The van der Waals surface area contributed by atoms with Crippen molar-refractivity contribution >= 4 is 38.8 Å². The van der Waals surface area contributed by atoms with Crippen LogP contribution in [0.1, 0.15) is 55.4 Å². The maximum absolute atomic E-state index is 14.5. The van der Waals surface area contributed by atoms with Gasteiger partial charge < -0.3 is 0 Å². The van der Waals surface area contributed by atoms with Crippen LogP contribution in [0.2, 0.25) is 0 Å². The molecule has 0 fully saturated rings. The summed E-state index contributed by atoms with van der Waals surface area (Å²) >= 11 is 3.19. The predicted octanol–water partition coefficient (Wildman–Crippen LogP) is 8.76. The zero-order valence-corrected chi connectivity index (χ0v) is 21.9. The van der Waals surface area contributed by atoms with Crippen molar-refractivity contribution in [2.45, 2.75) is 43.5 Å². The zero-order chi connectivity index (χ0) is 30.4. The number of aromatic nitrogens is 1. The Labute approximate surface area is 230 Å². The first-order chi connectivity index (χ1) is 18.2. The van der Waals surface area contributed by atoms with Crippen LogP contribution < -0.4 is 0 Å². The van der Waals surface area contributed by atoms with Crippen LogP contribution in [0.15, 0.2) is 46.3 Å². The number of ketones is 2. The fourth-order valence-corrected chi connectivity index (χ4v) is 5.11. The van der Waals surface area contributed by atoms with Gasteiger partial charge in [-0.25, -0.2) is 13.8 Å². The third-order valence-corrected chi connectivity index (χ3v) is 7.46. The molecule has 0 N–H and O–H groups in total. The smallest absolute Gasteiger partial charge is 0.293 e. The summed E-state index contributed by atoms with van der Waals surface area (Å²) in [5.41, 5.74) is -12.5. The summed E-state index contributed by atoms with van der Waals surface area (Å²) in [5.74, 6) is -3.77. The molecule has 3 nitrogen and oxygen atoms in total. The lowest BCUT2D eigenvalue weighted by molar-refractivity contribution is -0.348. The van der Waals surface area contributed by atoms with Crippen LogP contribution in [0, 0.1) is 5.82 Å². The highest BCUT2D eigenvalue weighted by atomic mass is 79.9. The minimum absolute atomic E-state index is 0.0142. The van der Waals surface area contributed by atoms with E-state index in [9.17, 15) is 57.9 Å². The van der Waals surface area contributed by atoms with Gasteiger partial charge in [-0.05, 0) is 36.8 Å². The first-order valence-corrected chi connectivity index (χ1v) is 12.4. The van der Waals surface area contributed by atoms with E-state index in [1.54, 1.807) is 0 Å². The van der Waals surface area contributed by atoms with E-state index in [4.69, 9.17) is 0 Å². The number of thiazole rings is 1. The topological polar surface area (TPSA) is 47.0 Å². The van der Waals surface area contributed by atoms with E-state index in [-0.39, 0.29) is 16.6 Å². The summed E-state index contributed by atoms with van der Waals surface area (Å²) in [4.78, 5) is 29.3. The Kier molecular flexibility index (Phi) is 8.57. The van der Waals surface area contributed by atoms with Crippen LogP contribution >= 0.6 is 27.3 Å². The fraction of sp³-hybridized carbons (Fsp3) is 0.292. The number of halogens is 12. The molecule has 0 spiro atoms. The molecule has 0 amide bonds. The van der Waals surface area contributed by atoms with Crippen LogP contribution in [-0.2, 0) is 18.3 Å². The number of Topliss-reactive ketones (excluding diaryl/α,β-unsaturated/α-hetero) is 2. The Bertz CT molecular complexity index is 1430. The second-order valence-corrected chi connectivity index (χ2v) is 10.1. The lowest BCUT2D eigenvalue weighted by Gasteiger charge is -2.31. The van der Waals surface area contributed by atoms with E-state index in [2.05, 4.69) is 20.9 Å². The Hall–Kier alpha value is -2.88. The third kappa shape index (κ3) is 5.92. The number of alkyl halides is 10. The summed E-state index contributed by atoms with van der Waals surface area (Å²) in [6.07, 6.45) is -20.1. The largest absolute Gasteiger partial charge is 0.435 e. The highest BCUT2D eigenvalue weighted by molar-refractivity contribution is 9.10. The molecule has 0 saturated heterocycles. The van der Waals surface area contributed by atoms with Crippen LogP contribution in [0.3, 0.4) is 0 Å². The maximum Gasteiger partial charge on any atom is 0.435 e. The number of hydrogen-bond acceptors (Lipinski definition) is 4. The molecule has 1 heterocycles. The second-order valence-electron chi connectivity index (χ2n) is 8.37. The number of rotatable bonds is 7. The Morgan fingerprint density at radius 3 is 2.05 bits per heavy atom. The molecule has 216 valence electrons. The predicted molar refractivity (Wildman–Crippen MR) is 123 cm³/mol. The maximum atomic E-state index is 14.5. The average Bonchev–Trinajstić information content (AvgIpc) is 3.32. The van der Waals surface area contributed by atoms with Crippen molar-refractivity contribution in [2.24, 2.45) is 0 Å². The standard InChI is InChI=1S/C24H13BrF11NO2S/c1-10(19(39)12-4-2-3-5-16(12)26)20-37-17(9-40-20)18(38)8-13-14(22(28,29)30)6-11(7-15(13)25)21(27,23(31,32)33)24(34,35)36/h2-7,9-10H,8H2,1H3. The second kappa shape index (κ2) is 10.8. The van der Waals surface area contributed by atoms with Crippen molar-refractivity contribution in [2.75, 3.05) is 0 Å². The summed E-state index contributed by atoms with van der Waals surface area (Å²) in [7, 11) is 0. The molecule has 0 bridgehead atoms. The van der Waals surface area contributed by atoms with Crippen molar-refractivity contribution in [3.05, 3.63) is 85.0 Å². The molecule has 40 heavy (non-hydrogen) atoms. The van der Waals surface area contributed by atoms with Gasteiger partial charge in [0.1, 0.15) is 16.5 Å². The van der Waals surface area contributed by atoms with Crippen molar-refractivity contribution in [1.29, 1.82) is 0 Å². The van der Waals surface area contributed by atoms with E-state index < -0.39 is 86.8 Å². The first kappa shape index (κ1) is 31.6. The fourth-order valence-electron chi connectivity index (χ4n) is 3.63. The molecule has 0 aliphatic heterocycles. The third-order valence-electron chi connectivity index (χ3n) is 5.73. The first-order valence-electron chi connectivity index (χ1n) is 10.7. The van der Waals surface area contributed by atoms with Crippen molar-refractivity contribution < 1.29 is 57.9 Å². The van der Waals surface area contributed by atoms with Crippen molar-refractivity contribution in [3.63, 3.8) is 0 Å². The van der Waals surface area contributed by atoms with Crippen molar-refractivity contribution in [3.8, 4) is 0 Å². The summed E-state index contributed by atoms with van der Waals surface area (Å²) in [5, 5.41) is 1.05. The summed E-state index contributed by atoms with van der Waals surface area (Å²) in [6, 6.07) is 4.22. The molecule has 1 atom stereocenters. The Balaban J connectivity index is 1.99. The Morgan fingerprint density at radius 1 is 0.950 bits per heavy atom. The monoisotopic (exact) mass is 667 g/mol. The molecule has 1 unspecified atom stereocenters. The van der Waals surface area contributed by atoms with E-state index in [1.807, 2.05) is 0 Å². The number of benzene rings is 2. The minimum atomic E-state index is -6.67. The number of carbonyl (C=O) groups excluding carboxylic acids is 2. The SMILES string of the molecule is CC(C(=O)c1ccccc1F)c1nc(C(=O)Cc2c(Br)cc(C(F)(C(F)(F)F)C(F)(F)F)cc2C(F)(F)F)cs1. The van der Waals surface area contributed by atoms with Crippen LogP contribution in [0.25, 0.3) is 0 Å². The van der Waals surface area contributed by atoms with Gasteiger partial charge in [0.2, 0.25) is 0 Å². The van der Waals surface area contributed by atoms with E-state index in [1.165, 1.54) is 25.1 Å². The molecule has 0 aliphatic carbocycles. The summed E-state index contributed by atoms with van der Waals surface area (Å²) in [6.45, 7) is 1.34. The quantitative estimate of drug-likeness (QED) is 0.187. The molecule has 0 aliphatic rings. The lowest BCUT2D eigenvalue weighted by atomic mass is 9.89. The van der Waals surface area contributed by atoms with Gasteiger partial charge in [-0.15, -0.1) is 11.3 Å². The minimum Gasteiger partial charge on any atom is -0.293 e. The molecule has 3 aromatic rings. The highest BCUT2D eigenvalue weighted by Gasteiger charge is 2.73. The van der Waals surface area contributed by atoms with Gasteiger partial charge in [0.15, 0.2) is 11.6 Å². The number of carbonyl (C=O) groups is 2. The molecule has 2 aromatic carbocycles. The Morgan fingerprint density at radius 2 is 1.52 bits per heavy atom. The van der Waals surface area contributed by atoms with E-state index in [0.29, 0.717) is 0 Å². The molecule has 3 rings (SSSR count). The average molecular weight is 668 g/mol. The van der Waals surface area contributed by atoms with Gasteiger partial charge in [0.05, 0.1) is 17.0 Å². The van der Waals surface area contributed by atoms with Gasteiger partial charge in [-0.2, -0.15) is 39.5 Å². The highest BCUT2D eigenvalue weighted by Crippen LogP contribution is 2.54. The molecule has 1 aromatic heterocycles. The van der Waals surface area contributed by atoms with E-state index in [0.717, 1.165) is 22.8 Å². The van der Waals surface area contributed by atoms with Gasteiger partial charge in [0.25, 0.3) is 0 Å². The lowest BCUT2D eigenvalue weighted by Crippen LogP contribution is -2.50. The van der Waals surface area contributed by atoms with Crippen LogP contribution in [-0.4, -0.2) is 28.9 Å². The molecule has 0 saturated carbocycles.